The fourth-order valence-electron chi connectivity index (χ4n) is 4.97. The number of fused-ring (bicyclic) bond motifs is 1. The van der Waals surface area contributed by atoms with Gasteiger partial charge >= 0.3 is 0 Å². The third kappa shape index (κ3) is 3.04. The molecule has 0 saturated carbocycles. The molecule has 160 valence electrons. The first-order valence-corrected chi connectivity index (χ1v) is 11.2. The minimum atomic E-state index is -0.246. The quantitative estimate of drug-likeness (QED) is 0.430. The summed E-state index contributed by atoms with van der Waals surface area (Å²) in [5, 5.41) is 9.57. The maximum atomic E-state index is 6.43. The molecule has 7 heteroatoms. The molecule has 0 spiro atoms. The molecule has 2 aromatic carbocycles. The predicted molar refractivity (Wildman–Crippen MR) is 125 cm³/mol. The molecule has 6 nitrogen and oxygen atoms in total. The van der Waals surface area contributed by atoms with Gasteiger partial charge in [0.05, 0.1) is 34.7 Å². The van der Waals surface area contributed by atoms with Crippen LogP contribution in [0, 0.1) is 13.8 Å². The molecule has 1 fully saturated rings. The molecule has 0 bridgehead atoms. The first-order chi connectivity index (χ1) is 14.9. The molecule has 1 atom stereocenters. The Morgan fingerprint density at radius 2 is 1.84 bits per heavy atom. The van der Waals surface area contributed by atoms with Crippen LogP contribution < -0.4 is 4.90 Å². The summed E-state index contributed by atoms with van der Waals surface area (Å²) in [5.41, 5.74) is 6.28. The Hall–Kier alpha value is -2.86. The summed E-state index contributed by atoms with van der Waals surface area (Å²) in [4.78, 5) is 9.38. The first kappa shape index (κ1) is 20.1. The topological polar surface area (TPSA) is 51.8 Å². The van der Waals surface area contributed by atoms with Gasteiger partial charge in [-0.2, -0.15) is 10.2 Å². The SMILES string of the molecule is CCn1c([C@]2(C)CCCN2c2cc(C)ccc2-n2nccn2)nc2c(C)c(Cl)ccc21. The third-order valence-corrected chi connectivity index (χ3v) is 7.01. The Balaban J connectivity index is 1.71. The molecule has 0 amide bonds. The maximum Gasteiger partial charge on any atom is 0.135 e. The highest BCUT2D eigenvalue weighted by Crippen LogP contribution is 2.44. The fourth-order valence-corrected chi connectivity index (χ4v) is 5.13. The van der Waals surface area contributed by atoms with Crippen molar-refractivity contribution in [3.63, 3.8) is 0 Å². The number of hydrogen-bond acceptors (Lipinski definition) is 4. The fraction of sp³-hybridized carbons (Fsp3) is 0.375. The molecule has 0 aliphatic carbocycles. The van der Waals surface area contributed by atoms with E-state index in [0.29, 0.717) is 0 Å². The van der Waals surface area contributed by atoms with Crippen molar-refractivity contribution in [2.45, 2.75) is 52.6 Å². The summed E-state index contributed by atoms with van der Waals surface area (Å²) in [7, 11) is 0. The summed E-state index contributed by atoms with van der Waals surface area (Å²) in [6, 6.07) is 10.5. The van der Waals surface area contributed by atoms with Crippen molar-refractivity contribution in [3.05, 3.63) is 64.7 Å². The van der Waals surface area contributed by atoms with Gasteiger partial charge in [-0.25, -0.2) is 4.98 Å². The highest BCUT2D eigenvalue weighted by Gasteiger charge is 2.43. The van der Waals surface area contributed by atoms with Gasteiger partial charge in [0, 0.05) is 18.1 Å². The van der Waals surface area contributed by atoms with Gasteiger partial charge in [-0.3, -0.25) is 0 Å². The van der Waals surface area contributed by atoms with Crippen molar-refractivity contribution in [2.24, 2.45) is 0 Å². The molecule has 0 radical (unpaired) electrons. The van der Waals surface area contributed by atoms with Gasteiger partial charge in [-0.15, -0.1) is 4.80 Å². The van der Waals surface area contributed by atoms with E-state index >= 15 is 0 Å². The number of aryl methyl sites for hydroxylation is 3. The standard InChI is InChI=1S/C24H27ClN6/c1-5-29-20-10-8-18(25)17(3)22(20)28-23(29)24(4)11-6-14-30(24)21-15-16(2)7-9-19(21)31-26-12-13-27-31/h7-10,12-13,15H,5-6,11,14H2,1-4H3/t24-/m0/s1. The second-order valence-corrected chi connectivity index (χ2v) is 8.97. The normalized spacial score (nSPS) is 18.9. The predicted octanol–water partition coefficient (Wildman–Crippen LogP) is 5.42. The van der Waals surface area contributed by atoms with Gasteiger partial charge in [0.2, 0.25) is 0 Å². The van der Waals surface area contributed by atoms with Gasteiger partial charge in [0.1, 0.15) is 11.5 Å². The monoisotopic (exact) mass is 434 g/mol. The Labute approximate surface area is 187 Å². The molecule has 2 aromatic heterocycles. The van der Waals surface area contributed by atoms with E-state index in [0.717, 1.165) is 64.7 Å². The smallest absolute Gasteiger partial charge is 0.135 e. The summed E-state index contributed by atoms with van der Waals surface area (Å²) in [6.45, 7) is 10.5. The third-order valence-electron chi connectivity index (χ3n) is 6.60. The van der Waals surface area contributed by atoms with E-state index in [4.69, 9.17) is 16.6 Å². The summed E-state index contributed by atoms with van der Waals surface area (Å²) < 4.78 is 2.35. The Morgan fingerprint density at radius 1 is 1.06 bits per heavy atom. The van der Waals surface area contributed by atoms with Crippen LogP contribution in [0.3, 0.4) is 0 Å². The van der Waals surface area contributed by atoms with Crippen LogP contribution in [-0.2, 0) is 12.1 Å². The van der Waals surface area contributed by atoms with Gasteiger partial charge in [-0.1, -0.05) is 17.7 Å². The van der Waals surface area contributed by atoms with Crippen LogP contribution in [0.25, 0.3) is 16.7 Å². The number of aromatic nitrogens is 5. The lowest BCUT2D eigenvalue weighted by Gasteiger charge is -2.37. The van der Waals surface area contributed by atoms with Crippen molar-refractivity contribution < 1.29 is 0 Å². The second kappa shape index (κ2) is 7.38. The van der Waals surface area contributed by atoms with Crippen LogP contribution in [-0.4, -0.2) is 31.1 Å². The zero-order valence-electron chi connectivity index (χ0n) is 18.4. The largest absolute Gasteiger partial charge is 0.357 e. The molecule has 3 heterocycles. The average molecular weight is 435 g/mol. The zero-order chi connectivity index (χ0) is 21.8. The lowest BCUT2D eigenvalue weighted by Crippen LogP contribution is -2.41. The van der Waals surface area contributed by atoms with Crippen LogP contribution in [0.4, 0.5) is 5.69 Å². The molecule has 5 rings (SSSR count). The molecule has 31 heavy (non-hydrogen) atoms. The van der Waals surface area contributed by atoms with Crippen LogP contribution in [0.15, 0.2) is 42.7 Å². The Morgan fingerprint density at radius 3 is 2.58 bits per heavy atom. The van der Waals surface area contributed by atoms with Crippen molar-refractivity contribution in [1.29, 1.82) is 0 Å². The molecule has 0 N–H and O–H groups in total. The van der Waals surface area contributed by atoms with Gasteiger partial charge in [0.25, 0.3) is 0 Å². The van der Waals surface area contributed by atoms with E-state index < -0.39 is 0 Å². The lowest BCUT2D eigenvalue weighted by molar-refractivity contribution is 0.439. The van der Waals surface area contributed by atoms with Gasteiger partial charge in [-0.05, 0) is 75.9 Å². The van der Waals surface area contributed by atoms with Gasteiger partial charge in [0.15, 0.2) is 0 Å². The van der Waals surface area contributed by atoms with Crippen molar-refractivity contribution in [2.75, 3.05) is 11.4 Å². The first-order valence-electron chi connectivity index (χ1n) is 10.8. The number of hydrogen-bond donors (Lipinski definition) is 0. The van der Waals surface area contributed by atoms with E-state index in [2.05, 4.69) is 71.6 Å². The molecule has 1 aliphatic rings. The number of halogens is 1. The second-order valence-electron chi connectivity index (χ2n) is 8.56. The summed E-state index contributed by atoms with van der Waals surface area (Å²) >= 11 is 6.43. The molecular weight excluding hydrogens is 408 g/mol. The maximum absolute atomic E-state index is 6.43. The van der Waals surface area contributed by atoms with Gasteiger partial charge < -0.3 is 9.47 Å². The van der Waals surface area contributed by atoms with Crippen LogP contribution >= 0.6 is 11.6 Å². The highest BCUT2D eigenvalue weighted by molar-refractivity contribution is 6.32. The van der Waals surface area contributed by atoms with E-state index in [1.165, 1.54) is 5.56 Å². The minimum Gasteiger partial charge on any atom is -0.357 e. The molecule has 4 aromatic rings. The van der Waals surface area contributed by atoms with Crippen LogP contribution in [0.1, 0.15) is 43.6 Å². The van der Waals surface area contributed by atoms with Crippen molar-refractivity contribution >= 4 is 28.3 Å². The zero-order valence-corrected chi connectivity index (χ0v) is 19.2. The number of anilines is 1. The van der Waals surface area contributed by atoms with E-state index in [9.17, 15) is 0 Å². The number of imidazole rings is 1. The minimum absolute atomic E-state index is 0.246. The molecule has 1 saturated heterocycles. The van der Waals surface area contributed by atoms with Crippen LogP contribution in [0.2, 0.25) is 5.02 Å². The average Bonchev–Trinajstić information content (AvgIpc) is 3.49. The Bertz CT molecular complexity index is 1260. The van der Waals surface area contributed by atoms with E-state index in [1.807, 2.05) is 6.07 Å². The highest BCUT2D eigenvalue weighted by atomic mass is 35.5. The van der Waals surface area contributed by atoms with Crippen molar-refractivity contribution in [1.82, 2.24) is 24.5 Å². The number of rotatable bonds is 4. The molecular formula is C24H27ClN6. The Kier molecular flexibility index (Phi) is 4.77. The van der Waals surface area contributed by atoms with Crippen LogP contribution in [0.5, 0.6) is 0 Å². The number of benzene rings is 2. The van der Waals surface area contributed by atoms with Crippen molar-refractivity contribution in [3.8, 4) is 5.69 Å². The molecule has 0 unspecified atom stereocenters. The summed E-state index contributed by atoms with van der Waals surface area (Å²) in [6.07, 6.45) is 5.57. The van der Waals surface area contributed by atoms with E-state index in [1.54, 1.807) is 17.2 Å². The lowest BCUT2D eigenvalue weighted by atomic mass is 9.96. The molecule has 1 aliphatic heterocycles. The number of nitrogens with zero attached hydrogens (tertiary/aromatic N) is 6. The summed E-state index contributed by atoms with van der Waals surface area (Å²) in [5.74, 6) is 1.09. The van der Waals surface area contributed by atoms with E-state index in [-0.39, 0.29) is 5.54 Å².